The van der Waals surface area contributed by atoms with E-state index in [9.17, 15) is 22.4 Å². The highest BCUT2D eigenvalue weighted by Crippen LogP contribution is 2.11. The summed E-state index contributed by atoms with van der Waals surface area (Å²) >= 11 is 0. The smallest absolute Gasteiger partial charge is 0.240 e. The number of carbonyl (C=O) groups excluding carboxylic acids is 2. The van der Waals surface area contributed by atoms with Gasteiger partial charge in [0.1, 0.15) is 5.82 Å². The van der Waals surface area contributed by atoms with E-state index in [1.807, 2.05) is 0 Å². The molecule has 6 nitrogen and oxygen atoms in total. The first-order chi connectivity index (χ1) is 11.8. The van der Waals surface area contributed by atoms with Gasteiger partial charge in [-0.3, -0.25) is 9.59 Å². The van der Waals surface area contributed by atoms with Crippen LogP contribution in [0.3, 0.4) is 0 Å². The third-order valence-electron chi connectivity index (χ3n) is 3.34. The van der Waals surface area contributed by atoms with Crippen LogP contribution in [0, 0.1) is 5.82 Å². The molecule has 0 saturated heterocycles. The fourth-order valence-corrected chi connectivity index (χ4v) is 3.04. The molecule has 0 atom stereocenters. The van der Waals surface area contributed by atoms with Crippen molar-refractivity contribution in [1.29, 1.82) is 0 Å². The van der Waals surface area contributed by atoms with Crippen LogP contribution in [0.2, 0.25) is 0 Å². The van der Waals surface area contributed by atoms with E-state index in [0.29, 0.717) is 11.3 Å². The number of ketones is 1. The standard InChI is InChI=1S/C17H17FN2O4S/c1-12(21)13-2-8-16(9-3-13)25(23,24)19-11-10-17(22)20-15-6-4-14(18)5-7-15/h2-9,19H,10-11H2,1H3,(H,20,22). The topological polar surface area (TPSA) is 92.3 Å². The Kier molecular flexibility index (Phi) is 6.00. The molecular formula is C17H17FN2O4S. The van der Waals surface area contributed by atoms with E-state index in [-0.39, 0.29) is 23.6 Å². The maximum Gasteiger partial charge on any atom is 0.240 e. The molecule has 0 bridgehead atoms. The van der Waals surface area contributed by atoms with Gasteiger partial charge >= 0.3 is 0 Å². The van der Waals surface area contributed by atoms with Crippen LogP contribution in [0.4, 0.5) is 10.1 Å². The number of halogens is 1. The molecule has 2 aromatic rings. The van der Waals surface area contributed by atoms with Gasteiger partial charge < -0.3 is 5.32 Å². The first-order valence-corrected chi connectivity index (χ1v) is 8.92. The minimum atomic E-state index is -3.77. The molecule has 8 heteroatoms. The van der Waals surface area contributed by atoms with Crippen molar-refractivity contribution in [2.75, 3.05) is 11.9 Å². The molecule has 0 fully saturated rings. The van der Waals surface area contributed by atoms with E-state index in [1.165, 1.54) is 55.5 Å². The van der Waals surface area contributed by atoms with E-state index in [4.69, 9.17) is 0 Å². The van der Waals surface area contributed by atoms with E-state index < -0.39 is 21.7 Å². The Morgan fingerprint density at radius 3 is 2.16 bits per heavy atom. The van der Waals surface area contributed by atoms with E-state index in [0.717, 1.165) is 0 Å². The van der Waals surface area contributed by atoms with Crippen LogP contribution in [0.15, 0.2) is 53.4 Å². The van der Waals surface area contributed by atoms with Crippen molar-refractivity contribution in [3.63, 3.8) is 0 Å². The van der Waals surface area contributed by atoms with E-state index in [1.54, 1.807) is 0 Å². The second-order valence-electron chi connectivity index (χ2n) is 5.28. The highest BCUT2D eigenvalue weighted by Gasteiger charge is 2.14. The molecule has 2 aromatic carbocycles. The molecule has 2 N–H and O–H groups in total. The highest BCUT2D eigenvalue weighted by atomic mass is 32.2. The summed E-state index contributed by atoms with van der Waals surface area (Å²) in [4.78, 5) is 23.0. The summed E-state index contributed by atoms with van der Waals surface area (Å²) < 4.78 is 39.3. The van der Waals surface area contributed by atoms with Crippen molar-refractivity contribution in [3.05, 3.63) is 59.9 Å². The zero-order valence-electron chi connectivity index (χ0n) is 13.5. The minimum absolute atomic E-state index is 0.0106. The Labute approximate surface area is 145 Å². The molecule has 0 aliphatic rings. The van der Waals surface area contributed by atoms with Gasteiger partial charge in [0.15, 0.2) is 5.78 Å². The summed E-state index contributed by atoms with van der Waals surface area (Å²) in [5, 5.41) is 2.54. The van der Waals surface area contributed by atoms with Crippen LogP contribution in [-0.2, 0) is 14.8 Å². The minimum Gasteiger partial charge on any atom is -0.326 e. The van der Waals surface area contributed by atoms with Crippen molar-refractivity contribution >= 4 is 27.4 Å². The van der Waals surface area contributed by atoms with Gasteiger partial charge in [0.25, 0.3) is 0 Å². The number of hydrogen-bond acceptors (Lipinski definition) is 4. The summed E-state index contributed by atoms with van der Waals surface area (Å²) in [6.45, 7) is 1.30. The fraction of sp³-hybridized carbons (Fsp3) is 0.176. The molecule has 0 unspecified atom stereocenters. The first-order valence-electron chi connectivity index (χ1n) is 7.44. The van der Waals surface area contributed by atoms with Crippen LogP contribution >= 0.6 is 0 Å². The Balaban J connectivity index is 1.88. The highest BCUT2D eigenvalue weighted by molar-refractivity contribution is 7.89. The van der Waals surface area contributed by atoms with Crippen LogP contribution in [0.1, 0.15) is 23.7 Å². The van der Waals surface area contributed by atoms with Crippen LogP contribution in [0.25, 0.3) is 0 Å². The normalized spacial score (nSPS) is 11.1. The lowest BCUT2D eigenvalue weighted by Crippen LogP contribution is -2.27. The molecule has 0 radical (unpaired) electrons. The zero-order chi connectivity index (χ0) is 18.4. The molecule has 0 saturated carbocycles. The predicted octanol–water partition coefficient (Wildman–Crippen LogP) is 2.34. The van der Waals surface area contributed by atoms with E-state index in [2.05, 4.69) is 10.0 Å². The lowest BCUT2D eigenvalue weighted by Gasteiger charge is -2.08. The van der Waals surface area contributed by atoms with Crippen molar-refractivity contribution in [2.24, 2.45) is 0 Å². The largest absolute Gasteiger partial charge is 0.326 e. The molecule has 0 aliphatic carbocycles. The number of amides is 1. The quantitative estimate of drug-likeness (QED) is 0.738. The van der Waals surface area contributed by atoms with Crippen LogP contribution in [0.5, 0.6) is 0 Å². The van der Waals surface area contributed by atoms with Crippen molar-refractivity contribution in [1.82, 2.24) is 4.72 Å². The molecular weight excluding hydrogens is 347 g/mol. The lowest BCUT2D eigenvalue weighted by atomic mass is 10.2. The summed E-state index contributed by atoms with van der Waals surface area (Å²) in [5.74, 6) is -0.975. The predicted molar refractivity (Wildman–Crippen MR) is 91.3 cm³/mol. The first kappa shape index (κ1) is 18.8. The number of Topliss-reactive ketones (excluding diaryl/α,β-unsaturated/α-hetero) is 1. The maximum absolute atomic E-state index is 12.8. The van der Waals surface area contributed by atoms with Gasteiger partial charge in [-0.2, -0.15) is 0 Å². The Bertz CT molecular complexity index is 863. The van der Waals surface area contributed by atoms with Gasteiger partial charge in [0.2, 0.25) is 15.9 Å². The molecule has 0 heterocycles. The van der Waals surface area contributed by atoms with Gasteiger partial charge in [-0.1, -0.05) is 12.1 Å². The summed E-state index contributed by atoms with van der Waals surface area (Å²) in [7, 11) is -3.77. The average molecular weight is 364 g/mol. The fourth-order valence-electron chi connectivity index (χ4n) is 2.01. The summed E-state index contributed by atoms with van der Waals surface area (Å²) in [5.41, 5.74) is 0.840. The second kappa shape index (κ2) is 8.00. The van der Waals surface area contributed by atoms with Gasteiger partial charge in [-0.05, 0) is 43.3 Å². The number of sulfonamides is 1. The van der Waals surface area contributed by atoms with E-state index >= 15 is 0 Å². The third kappa shape index (κ3) is 5.47. The van der Waals surface area contributed by atoms with Gasteiger partial charge in [-0.25, -0.2) is 17.5 Å². The zero-order valence-corrected chi connectivity index (χ0v) is 14.3. The van der Waals surface area contributed by atoms with Crippen LogP contribution in [-0.4, -0.2) is 26.7 Å². The number of benzene rings is 2. The molecule has 2 rings (SSSR count). The van der Waals surface area contributed by atoms with Crippen molar-refractivity contribution < 1.29 is 22.4 Å². The van der Waals surface area contributed by atoms with Gasteiger partial charge in [0, 0.05) is 24.2 Å². The second-order valence-corrected chi connectivity index (χ2v) is 7.05. The number of nitrogens with one attached hydrogen (secondary N) is 2. The number of rotatable bonds is 7. The number of carbonyl (C=O) groups is 2. The van der Waals surface area contributed by atoms with Gasteiger partial charge in [0.05, 0.1) is 4.90 Å². The molecule has 25 heavy (non-hydrogen) atoms. The average Bonchev–Trinajstić information content (AvgIpc) is 2.57. The molecule has 132 valence electrons. The van der Waals surface area contributed by atoms with Crippen LogP contribution < -0.4 is 10.0 Å². The molecule has 1 amide bonds. The third-order valence-corrected chi connectivity index (χ3v) is 4.82. The Hall–Kier alpha value is -2.58. The maximum atomic E-state index is 12.8. The summed E-state index contributed by atoms with van der Waals surface area (Å²) in [6, 6.07) is 10.8. The number of hydrogen-bond donors (Lipinski definition) is 2. The van der Waals surface area contributed by atoms with Crippen molar-refractivity contribution in [2.45, 2.75) is 18.2 Å². The SMILES string of the molecule is CC(=O)c1ccc(S(=O)(=O)NCCC(=O)Nc2ccc(F)cc2)cc1. The Morgan fingerprint density at radius 1 is 1.00 bits per heavy atom. The lowest BCUT2D eigenvalue weighted by molar-refractivity contribution is -0.116. The summed E-state index contributed by atoms with van der Waals surface area (Å²) in [6.07, 6.45) is -0.0812. The molecule has 0 aliphatic heterocycles. The van der Waals surface area contributed by atoms with Crippen molar-refractivity contribution in [3.8, 4) is 0 Å². The monoisotopic (exact) mass is 364 g/mol. The number of anilines is 1. The van der Waals surface area contributed by atoms with Gasteiger partial charge in [-0.15, -0.1) is 0 Å². The Morgan fingerprint density at radius 2 is 1.60 bits per heavy atom. The molecule has 0 aromatic heterocycles. The molecule has 0 spiro atoms.